The number of aromatic nitrogens is 1. The van der Waals surface area contributed by atoms with E-state index in [4.69, 9.17) is 5.11 Å². The van der Waals surface area contributed by atoms with Crippen molar-refractivity contribution in [2.75, 3.05) is 24.2 Å². The van der Waals surface area contributed by atoms with E-state index in [1.54, 1.807) is 0 Å². The number of anilines is 2. The smallest absolute Gasteiger partial charge is 0.382 e. The van der Waals surface area contributed by atoms with Crippen molar-refractivity contribution >= 4 is 11.6 Å². The molecule has 0 saturated heterocycles. The van der Waals surface area contributed by atoms with Gasteiger partial charge in [-0.1, -0.05) is 0 Å². The lowest BCUT2D eigenvalue weighted by molar-refractivity contribution is -0.198. The zero-order valence-electron chi connectivity index (χ0n) is 10.1. The Morgan fingerprint density at radius 1 is 1.15 bits per heavy atom. The van der Waals surface area contributed by atoms with Crippen LogP contribution in [0.5, 0.6) is 0 Å². The van der Waals surface area contributed by atoms with E-state index in [-0.39, 0.29) is 5.82 Å². The summed E-state index contributed by atoms with van der Waals surface area (Å²) in [5, 5.41) is 13.1. The van der Waals surface area contributed by atoms with E-state index in [0.29, 0.717) is 12.1 Å². The molecule has 20 heavy (non-hydrogen) atoms. The van der Waals surface area contributed by atoms with E-state index in [1.165, 1.54) is 7.05 Å². The fraction of sp³-hybridized carbons (Fsp3) is 0.500. The van der Waals surface area contributed by atoms with Crippen molar-refractivity contribution in [1.29, 1.82) is 0 Å². The van der Waals surface area contributed by atoms with Crippen molar-refractivity contribution in [3.05, 3.63) is 17.7 Å². The highest BCUT2D eigenvalue weighted by atomic mass is 19.4. The maximum atomic E-state index is 12.6. The van der Waals surface area contributed by atoms with Crippen LogP contribution in [-0.2, 0) is 6.18 Å². The lowest BCUT2D eigenvalue weighted by Gasteiger charge is -2.16. The van der Waals surface area contributed by atoms with Crippen LogP contribution in [0.3, 0.4) is 0 Å². The fourth-order valence-electron chi connectivity index (χ4n) is 1.23. The fourth-order valence-corrected chi connectivity index (χ4v) is 1.23. The maximum absolute atomic E-state index is 12.6. The topological polar surface area (TPSA) is 57.2 Å². The summed E-state index contributed by atoms with van der Waals surface area (Å²) in [6, 6.07) is 1.27. The highest BCUT2D eigenvalue weighted by Gasteiger charge is 2.38. The third kappa shape index (κ3) is 4.44. The zero-order chi connectivity index (χ0) is 15.6. The normalized spacial score (nSPS) is 14.0. The minimum atomic E-state index is -4.86. The number of nitrogens with one attached hydrogen (secondary N) is 2. The van der Waals surface area contributed by atoms with Crippen LogP contribution < -0.4 is 10.6 Å². The van der Waals surface area contributed by atoms with Gasteiger partial charge in [-0.15, -0.1) is 0 Å². The lowest BCUT2D eigenvalue weighted by Crippen LogP contribution is -2.35. The Bertz CT molecular complexity index is 459. The van der Waals surface area contributed by atoms with E-state index in [9.17, 15) is 26.3 Å². The Hall–Kier alpha value is -1.71. The van der Waals surface area contributed by atoms with Crippen molar-refractivity contribution in [2.45, 2.75) is 18.5 Å². The van der Waals surface area contributed by atoms with Gasteiger partial charge in [0.1, 0.15) is 11.6 Å². The number of pyridine rings is 1. The summed E-state index contributed by atoms with van der Waals surface area (Å²) in [7, 11) is 1.32. The molecule has 10 heteroatoms. The average molecular weight is 303 g/mol. The molecular formula is C10H11F6N3O. The van der Waals surface area contributed by atoms with Crippen molar-refractivity contribution in [2.24, 2.45) is 0 Å². The number of halogens is 6. The minimum Gasteiger partial charge on any atom is -0.382 e. The van der Waals surface area contributed by atoms with Crippen LogP contribution in [0.2, 0.25) is 0 Å². The van der Waals surface area contributed by atoms with Gasteiger partial charge in [-0.3, -0.25) is 0 Å². The molecule has 0 aliphatic heterocycles. The van der Waals surface area contributed by atoms with Gasteiger partial charge in [-0.2, -0.15) is 26.3 Å². The van der Waals surface area contributed by atoms with Gasteiger partial charge < -0.3 is 15.7 Å². The molecule has 0 fully saturated rings. The van der Waals surface area contributed by atoms with Crippen LogP contribution in [-0.4, -0.2) is 36.0 Å². The third-order valence-corrected chi connectivity index (χ3v) is 2.26. The van der Waals surface area contributed by atoms with Gasteiger partial charge in [-0.05, 0) is 12.1 Å². The van der Waals surface area contributed by atoms with Gasteiger partial charge in [-0.25, -0.2) is 4.98 Å². The van der Waals surface area contributed by atoms with Crippen molar-refractivity contribution in [3.63, 3.8) is 0 Å². The first-order valence-electron chi connectivity index (χ1n) is 5.29. The van der Waals surface area contributed by atoms with Crippen LogP contribution in [0.4, 0.5) is 38.0 Å². The Kier molecular flexibility index (Phi) is 4.69. The van der Waals surface area contributed by atoms with Crippen LogP contribution in [0, 0.1) is 0 Å². The quantitative estimate of drug-likeness (QED) is 0.748. The second-order valence-electron chi connectivity index (χ2n) is 3.81. The van der Waals surface area contributed by atoms with Gasteiger partial charge in [0.25, 0.3) is 0 Å². The molecule has 0 saturated carbocycles. The van der Waals surface area contributed by atoms with Gasteiger partial charge in [0.15, 0.2) is 6.10 Å². The predicted molar refractivity (Wildman–Crippen MR) is 59.3 cm³/mol. The molecule has 1 aromatic rings. The molecule has 1 heterocycles. The molecule has 3 N–H and O–H groups in total. The number of hydrogen-bond donors (Lipinski definition) is 3. The summed E-state index contributed by atoms with van der Waals surface area (Å²) in [6.45, 7) is -0.999. The maximum Gasteiger partial charge on any atom is 0.416 e. The third-order valence-electron chi connectivity index (χ3n) is 2.26. The van der Waals surface area contributed by atoms with E-state index in [1.807, 2.05) is 5.32 Å². The average Bonchev–Trinajstić information content (AvgIpc) is 2.33. The largest absolute Gasteiger partial charge is 0.416 e. The van der Waals surface area contributed by atoms with Gasteiger partial charge in [0, 0.05) is 7.05 Å². The van der Waals surface area contributed by atoms with Gasteiger partial charge in [0.2, 0.25) is 0 Å². The molecule has 0 bridgehead atoms. The predicted octanol–water partition coefficient (Wildman–Crippen LogP) is 2.48. The number of nitrogens with zero attached hydrogens (tertiary/aromatic N) is 1. The summed E-state index contributed by atoms with van der Waals surface area (Å²) < 4.78 is 73.9. The Balaban J connectivity index is 2.90. The SMILES string of the molecule is CNc1cc(C(F)(F)F)cc(NCC(O)C(F)(F)F)n1. The summed E-state index contributed by atoms with van der Waals surface area (Å²) >= 11 is 0. The van der Waals surface area contributed by atoms with Crippen molar-refractivity contribution < 1.29 is 31.4 Å². The molecule has 0 spiro atoms. The molecule has 0 radical (unpaired) electrons. The zero-order valence-corrected chi connectivity index (χ0v) is 10.1. The molecule has 0 aliphatic carbocycles. The first-order chi connectivity index (χ1) is 9.04. The molecule has 1 aromatic heterocycles. The van der Waals surface area contributed by atoms with Gasteiger partial charge in [0.05, 0.1) is 12.1 Å². The molecule has 0 amide bonds. The number of aliphatic hydroxyl groups excluding tert-OH is 1. The van der Waals surface area contributed by atoms with E-state index < -0.39 is 36.4 Å². The second-order valence-corrected chi connectivity index (χ2v) is 3.81. The lowest BCUT2D eigenvalue weighted by atomic mass is 10.2. The molecule has 4 nitrogen and oxygen atoms in total. The second kappa shape index (κ2) is 5.73. The van der Waals surface area contributed by atoms with Crippen LogP contribution in [0.15, 0.2) is 12.1 Å². The number of alkyl halides is 6. The summed E-state index contributed by atoms with van der Waals surface area (Å²) in [6.07, 6.45) is -12.2. The Labute approximate surface area is 109 Å². The molecule has 0 aliphatic rings. The van der Waals surface area contributed by atoms with Crippen LogP contribution in [0.25, 0.3) is 0 Å². The monoisotopic (exact) mass is 303 g/mol. The van der Waals surface area contributed by atoms with E-state index in [2.05, 4.69) is 10.3 Å². The van der Waals surface area contributed by atoms with Gasteiger partial charge >= 0.3 is 12.4 Å². The number of rotatable bonds is 4. The van der Waals surface area contributed by atoms with Crippen molar-refractivity contribution in [3.8, 4) is 0 Å². The highest BCUT2D eigenvalue weighted by Crippen LogP contribution is 2.32. The minimum absolute atomic E-state index is 0.163. The number of hydrogen-bond acceptors (Lipinski definition) is 4. The number of aliphatic hydroxyl groups is 1. The summed E-state index contributed by atoms with van der Waals surface area (Å²) in [4.78, 5) is 3.62. The molecular weight excluding hydrogens is 292 g/mol. The van der Waals surface area contributed by atoms with Crippen molar-refractivity contribution in [1.82, 2.24) is 4.98 Å². The Morgan fingerprint density at radius 3 is 2.15 bits per heavy atom. The highest BCUT2D eigenvalue weighted by molar-refractivity contribution is 5.49. The van der Waals surface area contributed by atoms with Crippen LogP contribution in [0.1, 0.15) is 5.56 Å². The standard InChI is InChI=1S/C10H11F6N3O/c1-17-7-2-5(9(11,12)13)3-8(19-7)18-4-6(20)10(14,15)16/h2-3,6,20H,4H2,1H3,(H2,17,18,19). The van der Waals surface area contributed by atoms with E-state index in [0.717, 1.165) is 0 Å². The summed E-state index contributed by atoms with van der Waals surface area (Å²) in [5.74, 6) is -0.587. The van der Waals surface area contributed by atoms with E-state index >= 15 is 0 Å². The van der Waals surface area contributed by atoms with Crippen LogP contribution >= 0.6 is 0 Å². The summed E-state index contributed by atoms with van der Waals surface area (Å²) in [5.41, 5.74) is -1.07. The molecule has 1 rings (SSSR count). The molecule has 0 aromatic carbocycles. The molecule has 1 atom stereocenters. The molecule has 1 unspecified atom stereocenters. The first-order valence-corrected chi connectivity index (χ1v) is 5.29. The Morgan fingerprint density at radius 2 is 1.70 bits per heavy atom. The first kappa shape index (κ1) is 16.3. The molecule has 114 valence electrons.